The topological polar surface area (TPSA) is 118 Å². The third-order valence-electron chi connectivity index (χ3n) is 2.64. The van der Waals surface area contributed by atoms with Gasteiger partial charge in [0.05, 0.1) is 17.2 Å². The summed E-state index contributed by atoms with van der Waals surface area (Å²) in [6.45, 7) is 1.76. The van der Waals surface area contributed by atoms with Crippen LogP contribution in [0.3, 0.4) is 0 Å². The predicted octanol–water partition coefficient (Wildman–Crippen LogP) is 2.45. The van der Waals surface area contributed by atoms with E-state index in [9.17, 15) is 14.9 Å². The molecule has 2 N–H and O–H groups in total. The number of furan rings is 1. The van der Waals surface area contributed by atoms with Crippen LogP contribution >= 0.6 is 0 Å². The first kappa shape index (κ1) is 13.5. The highest BCUT2D eigenvalue weighted by molar-refractivity contribution is 5.93. The summed E-state index contributed by atoms with van der Waals surface area (Å²) in [4.78, 5) is 24.9. The molecule has 8 heteroatoms. The van der Waals surface area contributed by atoms with Crippen molar-refractivity contribution >= 4 is 17.5 Å². The number of anilines is 1. The summed E-state index contributed by atoms with van der Waals surface area (Å²) in [7, 11) is 0. The van der Waals surface area contributed by atoms with E-state index in [1.807, 2.05) is 0 Å². The number of aromatic carboxylic acids is 1. The fourth-order valence-corrected chi connectivity index (χ4v) is 1.65. The summed E-state index contributed by atoms with van der Waals surface area (Å²) in [5, 5.41) is 22.6. The number of hydrogen-bond acceptors (Lipinski definition) is 6. The van der Waals surface area contributed by atoms with Crippen molar-refractivity contribution in [1.82, 2.24) is 4.98 Å². The minimum absolute atomic E-state index is 0.0481. The van der Waals surface area contributed by atoms with Crippen molar-refractivity contribution in [3.05, 3.63) is 52.1 Å². The number of carboxylic acid groups (broad SMARTS) is 1. The molecule has 0 aliphatic rings. The SMILES string of the molecule is CC(Nc1ncc([N+](=O)[O-])cc1C(=O)O)c1ccco1. The molecule has 2 aromatic rings. The van der Waals surface area contributed by atoms with Crippen LogP contribution in [-0.2, 0) is 0 Å². The zero-order valence-corrected chi connectivity index (χ0v) is 10.4. The number of nitrogens with zero attached hydrogens (tertiary/aromatic N) is 2. The second-order valence-corrected chi connectivity index (χ2v) is 4.03. The summed E-state index contributed by atoms with van der Waals surface area (Å²) in [6, 6.07) is 4.07. The number of carbonyl (C=O) groups is 1. The molecule has 0 fully saturated rings. The van der Waals surface area contributed by atoms with Gasteiger partial charge in [-0.1, -0.05) is 0 Å². The lowest BCUT2D eigenvalue weighted by Crippen LogP contribution is -2.12. The maximum atomic E-state index is 11.1. The molecule has 2 aromatic heterocycles. The van der Waals surface area contributed by atoms with Crippen molar-refractivity contribution in [2.45, 2.75) is 13.0 Å². The van der Waals surface area contributed by atoms with Crippen molar-refractivity contribution < 1.29 is 19.2 Å². The number of aromatic nitrogens is 1. The van der Waals surface area contributed by atoms with Gasteiger partial charge in [0.1, 0.15) is 23.3 Å². The van der Waals surface area contributed by atoms with Crippen molar-refractivity contribution in [3.8, 4) is 0 Å². The minimum Gasteiger partial charge on any atom is -0.478 e. The van der Waals surface area contributed by atoms with Gasteiger partial charge < -0.3 is 14.8 Å². The van der Waals surface area contributed by atoms with Gasteiger partial charge in [0.25, 0.3) is 5.69 Å². The maximum Gasteiger partial charge on any atom is 0.339 e. The van der Waals surface area contributed by atoms with E-state index in [0.29, 0.717) is 5.76 Å². The second-order valence-electron chi connectivity index (χ2n) is 4.03. The molecule has 0 saturated carbocycles. The number of hydrogen-bond donors (Lipinski definition) is 2. The first-order valence-electron chi connectivity index (χ1n) is 5.66. The Balaban J connectivity index is 2.31. The summed E-state index contributed by atoms with van der Waals surface area (Å²) < 4.78 is 5.18. The molecule has 0 amide bonds. The highest BCUT2D eigenvalue weighted by Crippen LogP contribution is 2.23. The van der Waals surface area contributed by atoms with Crippen LogP contribution in [0.25, 0.3) is 0 Å². The van der Waals surface area contributed by atoms with Crippen molar-refractivity contribution in [1.29, 1.82) is 0 Å². The van der Waals surface area contributed by atoms with Gasteiger partial charge in [-0.2, -0.15) is 0 Å². The van der Waals surface area contributed by atoms with Crippen LogP contribution < -0.4 is 5.32 Å². The quantitative estimate of drug-likeness (QED) is 0.636. The molecule has 0 radical (unpaired) electrons. The Morgan fingerprint density at radius 2 is 2.35 bits per heavy atom. The van der Waals surface area contributed by atoms with Gasteiger partial charge in [0, 0.05) is 6.07 Å². The van der Waals surface area contributed by atoms with Crippen LogP contribution in [0.1, 0.15) is 29.1 Å². The van der Waals surface area contributed by atoms with Crippen molar-refractivity contribution in [2.75, 3.05) is 5.32 Å². The molecule has 2 rings (SSSR count). The van der Waals surface area contributed by atoms with E-state index < -0.39 is 10.9 Å². The summed E-state index contributed by atoms with van der Waals surface area (Å²) >= 11 is 0. The smallest absolute Gasteiger partial charge is 0.339 e. The molecular formula is C12H11N3O5. The molecule has 1 unspecified atom stereocenters. The lowest BCUT2D eigenvalue weighted by atomic mass is 10.2. The average molecular weight is 277 g/mol. The maximum absolute atomic E-state index is 11.1. The van der Waals surface area contributed by atoms with E-state index >= 15 is 0 Å². The van der Waals surface area contributed by atoms with Gasteiger partial charge in [-0.25, -0.2) is 9.78 Å². The van der Waals surface area contributed by atoms with Gasteiger partial charge in [-0.15, -0.1) is 0 Å². The lowest BCUT2D eigenvalue weighted by molar-refractivity contribution is -0.385. The van der Waals surface area contributed by atoms with Crippen LogP contribution in [-0.4, -0.2) is 21.0 Å². The van der Waals surface area contributed by atoms with Gasteiger partial charge in [0.15, 0.2) is 0 Å². The molecule has 0 aliphatic heterocycles. The molecule has 0 aliphatic carbocycles. The highest BCUT2D eigenvalue weighted by atomic mass is 16.6. The molecule has 104 valence electrons. The number of carboxylic acids is 1. The Labute approximate surface area is 113 Å². The highest BCUT2D eigenvalue weighted by Gasteiger charge is 2.19. The molecule has 0 bridgehead atoms. The van der Waals surface area contributed by atoms with Crippen LogP contribution in [0.15, 0.2) is 35.1 Å². The number of pyridine rings is 1. The number of nitrogens with one attached hydrogen (secondary N) is 1. The number of nitro groups is 1. The van der Waals surface area contributed by atoms with Crippen molar-refractivity contribution in [2.24, 2.45) is 0 Å². The predicted molar refractivity (Wildman–Crippen MR) is 68.6 cm³/mol. The molecule has 2 heterocycles. The largest absolute Gasteiger partial charge is 0.478 e. The van der Waals surface area contributed by atoms with Gasteiger partial charge in [0.2, 0.25) is 0 Å². The van der Waals surface area contributed by atoms with E-state index in [2.05, 4.69) is 10.3 Å². The zero-order valence-electron chi connectivity index (χ0n) is 10.4. The third-order valence-corrected chi connectivity index (χ3v) is 2.64. The Bertz CT molecular complexity index is 639. The van der Waals surface area contributed by atoms with Gasteiger partial charge in [-0.05, 0) is 19.1 Å². The molecule has 8 nitrogen and oxygen atoms in total. The molecular weight excluding hydrogens is 266 g/mol. The van der Waals surface area contributed by atoms with E-state index in [0.717, 1.165) is 12.3 Å². The first-order valence-corrected chi connectivity index (χ1v) is 5.66. The molecule has 0 aromatic carbocycles. The minimum atomic E-state index is -1.30. The molecule has 0 saturated heterocycles. The second kappa shape index (κ2) is 5.39. The fraction of sp³-hybridized carbons (Fsp3) is 0.167. The monoisotopic (exact) mass is 277 g/mol. The Hall–Kier alpha value is -2.90. The fourth-order valence-electron chi connectivity index (χ4n) is 1.65. The Morgan fingerprint density at radius 3 is 2.90 bits per heavy atom. The zero-order chi connectivity index (χ0) is 14.7. The summed E-state index contributed by atoms with van der Waals surface area (Å²) in [5.74, 6) is -0.649. The van der Waals surface area contributed by atoms with Crippen LogP contribution in [0, 0.1) is 10.1 Å². The van der Waals surface area contributed by atoms with Crippen molar-refractivity contribution in [3.63, 3.8) is 0 Å². The van der Waals surface area contributed by atoms with Crippen LogP contribution in [0.4, 0.5) is 11.5 Å². The van der Waals surface area contributed by atoms with Crippen LogP contribution in [0.5, 0.6) is 0 Å². The standard InChI is InChI=1S/C12H11N3O5/c1-7(10-3-2-4-20-10)14-11-9(12(16)17)5-8(6-13-11)15(18)19/h2-7H,1H3,(H,13,14)(H,16,17). The van der Waals surface area contributed by atoms with Gasteiger partial charge in [-0.3, -0.25) is 10.1 Å². The Morgan fingerprint density at radius 1 is 1.60 bits per heavy atom. The normalized spacial score (nSPS) is 11.8. The van der Waals surface area contributed by atoms with E-state index in [1.165, 1.54) is 6.26 Å². The van der Waals surface area contributed by atoms with Gasteiger partial charge >= 0.3 is 5.97 Å². The van der Waals surface area contributed by atoms with Crippen LogP contribution in [0.2, 0.25) is 0 Å². The molecule has 1 atom stereocenters. The Kier molecular flexibility index (Phi) is 3.65. The number of rotatable bonds is 5. The molecule has 0 spiro atoms. The summed E-state index contributed by atoms with van der Waals surface area (Å²) in [5.41, 5.74) is -0.642. The lowest BCUT2D eigenvalue weighted by Gasteiger charge is -2.13. The van der Waals surface area contributed by atoms with E-state index in [1.54, 1.807) is 19.1 Å². The third kappa shape index (κ3) is 2.74. The van der Waals surface area contributed by atoms with E-state index in [-0.39, 0.29) is 23.1 Å². The van der Waals surface area contributed by atoms with E-state index in [4.69, 9.17) is 9.52 Å². The summed E-state index contributed by atoms with van der Waals surface area (Å²) in [6.07, 6.45) is 2.50. The average Bonchev–Trinajstić information content (AvgIpc) is 2.92. The first-order chi connectivity index (χ1) is 9.49. The molecule has 20 heavy (non-hydrogen) atoms.